The van der Waals surface area contributed by atoms with E-state index in [9.17, 15) is 8.42 Å². The molecule has 1 saturated heterocycles. The van der Waals surface area contributed by atoms with E-state index in [1.165, 1.54) is 0 Å². The average Bonchev–Trinajstić information content (AvgIpc) is 2.83. The number of hydrogen-bond acceptors (Lipinski definition) is 4. The molecule has 0 bridgehead atoms. The first-order valence-corrected chi connectivity index (χ1v) is 9.20. The van der Waals surface area contributed by atoms with Crippen molar-refractivity contribution in [3.8, 4) is 0 Å². The lowest BCUT2D eigenvalue weighted by Crippen LogP contribution is -2.28. The first kappa shape index (κ1) is 15.8. The highest BCUT2D eigenvalue weighted by Gasteiger charge is 2.29. The Morgan fingerprint density at radius 2 is 2.25 bits per heavy atom. The average molecular weight is 320 g/mol. The standard InChI is InChI=1S/C13H22ClN3O2S/c1-3-17-12(13(14)9(2)16-17)7-11(15)6-10-4-5-20(18,19)8-10/h10-11H,3-8,15H2,1-2H3. The largest absolute Gasteiger partial charge is 0.327 e. The minimum absolute atomic E-state index is 0.0767. The van der Waals surface area contributed by atoms with Gasteiger partial charge in [-0.3, -0.25) is 4.68 Å². The van der Waals surface area contributed by atoms with E-state index >= 15 is 0 Å². The van der Waals surface area contributed by atoms with Crippen LogP contribution in [0.5, 0.6) is 0 Å². The SMILES string of the molecule is CCn1nc(C)c(Cl)c1CC(N)CC1CCS(=O)(=O)C1. The summed E-state index contributed by atoms with van der Waals surface area (Å²) in [6.07, 6.45) is 2.10. The van der Waals surface area contributed by atoms with Crippen molar-refractivity contribution in [1.82, 2.24) is 9.78 Å². The topological polar surface area (TPSA) is 78.0 Å². The fourth-order valence-corrected chi connectivity index (χ4v) is 4.97. The van der Waals surface area contributed by atoms with Gasteiger partial charge in [-0.25, -0.2) is 8.42 Å². The van der Waals surface area contributed by atoms with Crippen LogP contribution in [0.4, 0.5) is 0 Å². The molecular formula is C13H22ClN3O2S. The Morgan fingerprint density at radius 1 is 1.55 bits per heavy atom. The maximum absolute atomic E-state index is 11.5. The molecule has 0 aromatic carbocycles. The molecule has 1 fully saturated rings. The molecule has 2 N–H and O–H groups in total. The van der Waals surface area contributed by atoms with Crippen LogP contribution in [0.1, 0.15) is 31.2 Å². The number of aromatic nitrogens is 2. The quantitative estimate of drug-likeness (QED) is 0.893. The lowest BCUT2D eigenvalue weighted by atomic mass is 9.97. The Bertz CT molecular complexity index is 583. The Labute approximate surface area is 125 Å². The van der Waals surface area contributed by atoms with Crippen LogP contribution in [0.25, 0.3) is 0 Å². The van der Waals surface area contributed by atoms with Crippen molar-refractivity contribution >= 4 is 21.4 Å². The highest BCUT2D eigenvalue weighted by molar-refractivity contribution is 7.91. The third kappa shape index (κ3) is 3.54. The molecule has 0 saturated carbocycles. The molecule has 1 aromatic heterocycles. The Morgan fingerprint density at radius 3 is 2.80 bits per heavy atom. The second-order valence-electron chi connectivity index (χ2n) is 5.63. The monoisotopic (exact) mass is 319 g/mol. The summed E-state index contributed by atoms with van der Waals surface area (Å²) >= 11 is 6.26. The summed E-state index contributed by atoms with van der Waals surface area (Å²) in [5, 5.41) is 5.05. The number of nitrogens with zero attached hydrogens (tertiary/aromatic N) is 2. The normalized spacial score (nSPS) is 23.1. The van der Waals surface area contributed by atoms with Crippen molar-refractivity contribution in [1.29, 1.82) is 0 Å². The van der Waals surface area contributed by atoms with Crippen LogP contribution in [-0.4, -0.2) is 35.7 Å². The van der Waals surface area contributed by atoms with E-state index in [4.69, 9.17) is 17.3 Å². The van der Waals surface area contributed by atoms with E-state index in [0.29, 0.717) is 17.2 Å². The summed E-state index contributed by atoms with van der Waals surface area (Å²) < 4.78 is 24.8. The van der Waals surface area contributed by atoms with Crippen LogP contribution in [0, 0.1) is 12.8 Å². The van der Waals surface area contributed by atoms with Gasteiger partial charge < -0.3 is 5.73 Å². The maximum atomic E-state index is 11.5. The van der Waals surface area contributed by atoms with Gasteiger partial charge in [-0.2, -0.15) is 5.10 Å². The third-order valence-corrected chi connectivity index (χ3v) is 6.20. The molecule has 0 amide bonds. The molecule has 20 heavy (non-hydrogen) atoms. The van der Waals surface area contributed by atoms with Gasteiger partial charge in [0.1, 0.15) is 0 Å². The van der Waals surface area contributed by atoms with E-state index in [0.717, 1.165) is 30.8 Å². The Balaban J connectivity index is 2.00. The summed E-state index contributed by atoms with van der Waals surface area (Å²) in [4.78, 5) is 0. The predicted octanol–water partition coefficient (Wildman–Crippen LogP) is 1.56. The molecule has 114 valence electrons. The van der Waals surface area contributed by atoms with E-state index in [1.54, 1.807) is 0 Å². The van der Waals surface area contributed by atoms with Gasteiger partial charge in [0.2, 0.25) is 0 Å². The fourth-order valence-electron chi connectivity index (χ4n) is 2.88. The van der Waals surface area contributed by atoms with Gasteiger partial charge in [-0.1, -0.05) is 11.6 Å². The number of rotatable bonds is 5. The molecule has 5 nitrogen and oxygen atoms in total. The van der Waals surface area contributed by atoms with Crippen molar-refractivity contribution in [3.05, 3.63) is 16.4 Å². The van der Waals surface area contributed by atoms with Crippen molar-refractivity contribution in [2.24, 2.45) is 11.7 Å². The van der Waals surface area contributed by atoms with Gasteiger partial charge in [0.25, 0.3) is 0 Å². The lowest BCUT2D eigenvalue weighted by Gasteiger charge is -2.16. The van der Waals surface area contributed by atoms with Gasteiger partial charge in [0, 0.05) is 19.0 Å². The van der Waals surface area contributed by atoms with Crippen molar-refractivity contribution in [2.75, 3.05) is 11.5 Å². The zero-order valence-corrected chi connectivity index (χ0v) is 13.5. The molecule has 1 aliphatic rings. The highest BCUT2D eigenvalue weighted by Crippen LogP contribution is 2.26. The van der Waals surface area contributed by atoms with Gasteiger partial charge in [0.05, 0.1) is 27.9 Å². The van der Waals surface area contributed by atoms with Crippen molar-refractivity contribution < 1.29 is 8.42 Å². The van der Waals surface area contributed by atoms with Gasteiger partial charge in [-0.15, -0.1) is 0 Å². The summed E-state index contributed by atoms with van der Waals surface area (Å²) in [7, 11) is -2.83. The second-order valence-corrected chi connectivity index (χ2v) is 8.24. The molecule has 2 unspecified atom stereocenters. The summed E-state index contributed by atoms with van der Waals surface area (Å²) in [6.45, 7) is 4.65. The van der Waals surface area contributed by atoms with E-state index < -0.39 is 9.84 Å². The number of hydrogen-bond donors (Lipinski definition) is 1. The van der Waals surface area contributed by atoms with Crippen LogP contribution in [0.3, 0.4) is 0 Å². The van der Waals surface area contributed by atoms with Crippen LogP contribution >= 0.6 is 11.6 Å². The van der Waals surface area contributed by atoms with Crippen molar-refractivity contribution in [3.63, 3.8) is 0 Å². The molecule has 1 aromatic rings. The van der Waals surface area contributed by atoms with Gasteiger partial charge >= 0.3 is 0 Å². The first-order chi connectivity index (χ1) is 9.32. The number of aryl methyl sites for hydroxylation is 2. The van der Waals surface area contributed by atoms with E-state index in [-0.39, 0.29) is 17.7 Å². The van der Waals surface area contributed by atoms with E-state index in [2.05, 4.69) is 5.10 Å². The van der Waals surface area contributed by atoms with Crippen LogP contribution in [0.2, 0.25) is 5.02 Å². The minimum atomic E-state index is -2.83. The molecule has 2 atom stereocenters. The lowest BCUT2D eigenvalue weighted by molar-refractivity contribution is 0.457. The zero-order valence-electron chi connectivity index (χ0n) is 12.0. The Kier molecular flexibility index (Phi) is 4.76. The molecule has 0 radical (unpaired) electrons. The fraction of sp³-hybridized carbons (Fsp3) is 0.769. The molecule has 0 spiro atoms. The number of halogens is 1. The summed E-state index contributed by atoms with van der Waals surface area (Å²) in [5.41, 5.74) is 7.96. The molecular weight excluding hydrogens is 298 g/mol. The van der Waals surface area contributed by atoms with E-state index in [1.807, 2.05) is 18.5 Å². The molecule has 2 heterocycles. The molecule has 0 aliphatic carbocycles. The smallest absolute Gasteiger partial charge is 0.150 e. The van der Waals surface area contributed by atoms with Crippen LogP contribution < -0.4 is 5.73 Å². The summed E-state index contributed by atoms with van der Waals surface area (Å²) in [6, 6.07) is -0.0767. The van der Waals surface area contributed by atoms with Crippen LogP contribution in [-0.2, 0) is 22.8 Å². The predicted molar refractivity (Wildman–Crippen MR) is 80.7 cm³/mol. The van der Waals surface area contributed by atoms with Crippen LogP contribution in [0.15, 0.2) is 0 Å². The molecule has 2 rings (SSSR count). The highest BCUT2D eigenvalue weighted by atomic mass is 35.5. The van der Waals surface area contributed by atoms with Crippen molar-refractivity contribution in [2.45, 2.75) is 45.7 Å². The second kappa shape index (κ2) is 6.03. The molecule has 1 aliphatic heterocycles. The van der Waals surface area contributed by atoms with Gasteiger partial charge in [0.15, 0.2) is 9.84 Å². The number of nitrogens with two attached hydrogens (primary N) is 1. The third-order valence-electron chi connectivity index (χ3n) is 3.87. The summed E-state index contributed by atoms with van der Waals surface area (Å²) in [5.74, 6) is 0.769. The Hall–Kier alpha value is -0.590. The van der Waals surface area contributed by atoms with Gasteiger partial charge in [-0.05, 0) is 32.6 Å². The zero-order chi connectivity index (χ0) is 14.9. The minimum Gasteiger partial charge on any atom is -0.327 e. The maximum Gasteiger partial charge on any atom is 0.150 e. The number of sulfone groups is 1. The first-order valence-electron chi connectivity index (χ1n) is 7.00. The molecule has 7 heteroatoms.